The summed E-state index contributed by atoms with van der Waals surface area (Å²) in [4.78, 5) is 20.3. The molecule has 3 aromatic rings. The summed E-state index contributed by atoms with van der Waals surface area (Å²) in [7, 11) is 0. The Bertz CT molecular complexity index is 804. The Labute approximate surface area is 110 Å². The number of fused-ring (bicyclic) bond motifs is 1. The first-order valence-corrected chi connectivity index (χ1v) is 6.08. The van der Waals surface area contributed by atoms with Gasteiger partial charge in [-0.25, -0.2) is 4.98 Å². The van der Waals surface area contributed by atoms with Gasteiger partial charge in [-0.3, -0.25) is 9.36 Å². The van der Waals surface area contributed by atoms with Crippen molar-refractivity contribution in [1.29, 1.82) is 0 Å². The van der Waals surface area contributed by atoms with Gasteiger partial charge in [-0.15, -0.1) is 0 Å². The van der Waals surface area contributed by atoms with Crippen molar-refractivity contribution in [2.24, 2.45) is 0 Å². The minimum Gasteiger partial charge on any atom is -0.282 e. The maximum absolute atomic E-state index is 11.9. The highest BCUT2D eigenvalue weighted by molar-refractivity contribution is 5.75. The smallest absolute Gasteiger partial charge is 0.282 e. The topological polar surface area (TPSA) is 47.8 Å². The van der Waals surface area contributed by atoms with Crippen molar-refractivity contribution >= 4 is 11.0 Å². The average molecular weight is 251 g/mol. The summed E-state index contributed by atoms with van der Waals surface area (Å²) in [5.74, 6) is 0.639. The molecule has 1 aromatic carbocycles. The quantitative estimate of drug-likeness (QED) is 0.667. The van der Waals surface area contributed by atoms with Crippen LogP contribution in [0.3, 0.4) is 0 Å². The van der Waals surface area contributed by atoms with E-state index in [0.717, 1.165) is 5.69 Å². The fourth-order valence-electron chi connectivity index (χ4n) is 2.16. The molecular formula is C15H13N3O. The van der Waals surface area contributed by atoms with Crippen molar-refractivity contribution < 1.29 is 0 Å². The van der Waals surface area contributed by atoms with Crippen LogP contribution in [0.25, 0.3) is 16.7 Å². The van der Waals surface area contributed by atoms with E-state index in [9.17, 15) is 4.79 Å². The van der Waals surface area contributed by atoms with Gasteiger partial charge in [-0.05, 0) is 38.1 Å². The third kappa shape index (κ3) is 1.91. The van der Waals surface area contributed by atoms with Gasteiger partial charge < -0.3 is 0 Å². The van der Waals surface area contributed by atoms with Crippen LogP contribution in [0.15, 0.2) is 47.4 Å². The molecule has 0 N–H and O–H groups in total. The Kier molecular flexibility index (Phi) is 2.63. The minimum absolute atomic E-state index is 0.232. The molecule has 0 fully saturated rings. The molecule has 0 bridgehead atoms. The summed E-state index contributed by atoms with van der Waals surface area (Å²) in [6.45, 7) is 3.85. The fourth-order valence-corrected chi connectivity index (χ4v) is 2.16. The molecule has 0 amide bonds. The molecule has 4 heteroatoms. The van der Waals surface area contributed by atoms with Gasteiger partial charge in [0.2, 0.25) is 0 Å². The summed E-state index contributed by atoms with van der Waals surface area (Å²) in [5, 5.41) is 0.536. The zero-order chi connectivity index (χ0) is 13.4. The van der Waals surface area contributed by atoms with Crippen molar-refractivity contribution in [1.82, 2.24) is 14.5 Å². The Morgan fingerprint density at radius 2 is 1.79 bits per heavy atom. The second-order valence-electron chi connectivity index (χ2n) is 4.51. The van der Waals surface area contributed by atoms with E-state index in [1.165, 1.54) is 5.56 Å². The molecule has 3 rings (SSSR count). The number of aromatic nitrogens is 3. The van der Waals surface area contributed by atoms with E-state index >= 15 is 0 Å². The highest BCUT2D eigenvalue weighted by Gasteiger charge is 2.09. The van der Waals surface area contributed by atoms with Gasteiger partial charge in [-0.1, -0.05) is 17.7 Å². The lowest BCUT2D eigenvalue weighted by atomic mass is 10.2. The number of nitrogens with zero attached hydrogens (tertiary/aromatic N) is 3. The zero-order valence-electron chi connectivity index (χ0n) is 10.8. The maximum atomic E-state index is 11.9. The molecule has 0 radical (unpaired) electrons. The first kappa shape index (κ1) is 11.6. The van der Waals surface area contributed by atoms with Crippen LogP contribution in [0.2, 0.25) is 0 Å². The van der Waals surface area contributed by atoms with E-state index in [-0.39, 0.29) is 5.56 Å². The molecule has 94 valence electrons. The molecule has 0 unspecified atom stereocenters. The Morgan fingerprint density at radius 3 is 2.53 bits per heavy atom. The molecule has 4 nitrogen and oxygen atoms in total. The number of aryl methyl sites for hydroxylation is 2. The van der Waals surface area contributed by atoms with Crippen molar-refractivity contribution in [3.8, 4) is 5.69 Å². The van der Waals surface area contributed by atoms with Crippen LogP contribution in [0.1, 0.15) is 11.4 Å². The number of hydrogen-bond donors (Lipinski definition) is 0. The number of pyridine rings is 1. The third-order valence-electron chi connectivity index (χ3n) is 3.11. The SMILES string of the molecule is Cc1ccc(-n2c(C)nc(=O)c3cccnc32)cc1. The lowest BCUT2D eigenvalue weighted by molar-refractivity contribution is 0.917. The summed E-state index contributed by atoms with van der Waals surface area (Å²) in [6, 6.07) is 11.6. The maximum Gasteiger partial charge on any atom is 0.282 e. The molecule has 0 aliphatic rings. The van der Waals surface area contributed by atoms with Gasteiger partial charge in [0, 0.05) is 11.9 Å². The normalized spacial score (nSPS) is 10.8. The van der Waals surface area contributed by atoms with Gasteiger partial charge >= 0.3 is 0 Å². The number of rotatable bonds is 1. The lowest BCUT2D eigenvalue weighted by Crippen LogP contribution is -2.16. The molecule has 0 saturated carbocycles. The van der Waals surface area contributed by atoms with E-state index in [0.29, 0.717) is 16.9 Å². The van der Waals surface area contributed by atoms with Gasteiger partial charge in [0.1, 0.15) is 5.82 Å². The standard InChI is InChI=1S/C15H13N3O/c1-10-5-7-12(8-6-10)18-11(2)17-15(19)13-4-3-9-16-14(13)18/h3-9H,1-2H3. The first-order valence-electron chi connectivity index (χ1n) is 6.08. The monoisotopic (exact) mass is 251 g/mol. The molecule has 2 aromatic heterocycles. The van der Waals surface area contributed by atoms with Gasteiger partial charge in [-0.2, -0.15) is 4.98 Å². The molecule has 0 atom stereocenters. The molecule has 2 heterocycles. The second kappa shape index (κ2) is 4.31. The number of benzene rings is 1. The van der Waals surface area contributed by atoms with Crippen molar-refractivity contribution in [2.45, 2.75) is 13.8 Å². The molecular weight excluding hydrogens is 238 g/mol. The largest absolute Gasteiger partial charge is 0.282 e. The van der Waals surface area contributed by atoms with Crippen molar-refractivity contribution in [2.75, 3.05) is 0 Å². The van der Waals surface area contributed by atoms with E-state index in [2.05, 4.69) is 9.97 Å². The van der Waals surface area contributed by atoms with Crippen LogP contribution < -0.4 is 5.56 Å². The summed E-state index contributed by atoms with van der Waals surface area (Å²) < 4.78 is 1.90. The van der Waals surface area contributed by atoms with E-state index in [1.54, 1.807) is 18.3 Å². The van der Waals surface area contributed by atoms with Crippen LogP contribution in [0.5, 0.6) is 0 Å². The third-order valence-corrected chi connectivity index (χ3v) is 3.11. The fraction of sp³-hybridized carbons (Fsp3) is 0.133. The highest BCUT2D eigenvalue weighted by Crippen LogP contribution is 2.16. The van der Waals surface area contributed by atoms with Crippen LogP contribution in [0.4, 0.5) is 0 Å². The lowest BCUT2D eigenvalue weighted by Gasteiger charge is -2.12. The highest BCUT2D eigenvalue weighted by atomic mass is 16.1. The minimum atomic E-state index is -0.232. The molecule has 0 aliphatic heterocycles. The van der Waals surface area contributed by atoms with Crippen LogP contribution in [0, 0.1) is 13.8 Å². The molecule has 0 saturated heterocycles. The Morgan fingerprint density at radius 1 is 1.05 bits per heavy atom. The van der Waals surface area contributed by atoms with E-state index in [1.807, 2.05) is 42.7 Å². The van der Waals surface area contributed by atoms with Gasteiger partial charge in [0.15, 0.2) is 5.65 Å². The Balaban J connectivity index is 2.40. The van der Waals surface area contributed by atoms with Gasteiger partial charge in [0.25, 0.3) is 5.56 Å². The molecule has 19 heavy (non-hydrogen) atoms. The van der Waals surface area contributed by atoms with Crippen LogP contribution in [-0.2, 0) is 0 Å². The molecule has 0 aliphatic carbocycles. The summed E-state index contributed by atoms with van der Waals surface area (Å²) in [6.07, 6.45) is 1.69. The predicted molar refractivity (Wildman–Crippen MR) is 74.6 cm³/mol. The summed E-state index contributed by atoms with van der Waals surface area (Å²) in [5.41, 5.74) is 2.56. The van der Waals surface area contributed by atoms with Crippen molar-refractivity contribution in [3.63, 3.8) is 0 Å². The van der Waals surface area contributed by atoms with Crippen LogP contribution in [-0.4, -0.2) is 14.5 Å². The van der Waals surface area contributed by atoms with Crippen LogP contribution >= 0.6 is 0 Å². The average Bonchev–Trinajstić information content (AvgIpc) is 2.41. The van der Waals surface area contributed by atoms with E-state index < -0.39 is 0 Å². The second-order valence-corrected chi connectivity index (χ2v) is 4.51. The zero-order valence-corrected chi connectivity index (χ0v) is 10.8. The summed E-state index contributed by atoms with van der Waals surface area (Å²) >= 11 is 0. The Hall–Kier alpha value is -2.49. The number of hydrogen-bond acceptors (Lipinski definition) is 3. The predicted octanol–water partition coefficient (Wildman–Crippen LogP) is 2.40. The van der Waals surface area contributed by atoms with Gasteiger partial charge in [0.05, 0.1) is 5.39 Å². The molecule has 0 spiro atoms. The first-order chi connectivity index (χ1) is 9.16. The van der Waals surface area contributed by atoms with E-state index in [4.69, 9.17) is 0 Å². The van der Waals surface area contributed by atoms with Crippen molar-refractivity contribution in [3.05, 3.63) is 64.3 Å².